The molecule has 1 aromatic rings. The fraction of sp³-hybridized carbons (Fsp3) is 0.654. The molecule has 0 aromatic heterocycles. The van der Waals surface area contributed by atoms with Gasteiger partial charge in [0.05, 0.1) is 25.6 Å². The number of aliphatic hydroxyl groups excluding tert-OH is 1. The molecule has 33 nitrogen and oxygen atoms in total. The number of benzene rings is 1. The van der Waals surface area contributed by atoms with Gasteiger partial charge in [0.25, 0.3) is 0 Å². The molecule has 0 bridgehead atoms. The van der Waals surface area contributed by atoms with Crippen LogP contribution in [0.4, 0.5) is 0 Å². The van der Waals surface area contributed by atoms with Gasteiger partial charge >= 0.3 is 14.1 Å². The van der Waals surface area contributed by atoms with Gasteiger partial charge in [-0.1, -0.05) is 60.1 Å². The summed E-state index contributed by atoms with van der Waals surface area (Å²) < 4.78 is 4.69. The Kier molecular flexibility index (Phi) is 31.4. The largest absolute Gasteiger partial charge is 0.613 e. The average molecular weight is 1240 g/mol. The molecule has 0 spiro atoms. The minimum absolute atomic E-state index is 0.0400. The second kappa shape index (κ2) is 36.0. The molecule has 0 saturated carbocycles. The van der Waals surface area contributed by atoms with E-state index >= 15 is 0 Å². The predicted molar refractivity (Wildman–Crippen MR) is 309 cm³/mol. The SMILES string of the molecule is CC[C@H](C)[C@H](NC(=O)[C@@H](NC(=O)[C@@H](N)CC(C)C)C(C)C)C(=O)N[C@@H](C)C(=O)NCC(=O)N[C@@H](CC(N)=O)C(=O)N1CCC[C@H]1C(=O)N[C@@H](C)C(=O)N[C@@H](Cc1ccc(O[P+](O)(O)O)cc1)C(=O)N[C@@H](CCCNC(N)N)C(=O)N[C@@H](CO)C(=O)O. The number of amides is 11. The van der Waals surface area contributed by atoms with Crippen LogP contribution in [0.2, 0.25) is 0 Å². The Balaban J connectivity index is 2.25. The summed E-state index contributed by atoms with van der Waals surface area (Å²) >= 11 is 0. The lowest BCUT2D eigenvalue weighted by Crippen LogP contribution is -2.60. The molecular formula is C52H89N15O18P+. The van der Waals surface area contributed by atoms with Crippen LogP contribution >= 0.6 is 8.17 Å². The molecule has 0 aliphatic carbocycles. The van der Waals surface area contributed by atoms with Crippen molar-refractivity contribution in [2.45, 2.75) is 173 Å². The number of nitrogens with zero attached hydrogens (tertiary/aromatic N) is 1. The van der Waals surface area contributed by atoms with Crippen LogP contribution in [-0.4, -0.2) is 194 Å². The maximum absolute atomic E-state index is 14.1. The van der Waals surface area contributed by atoms with Gasteiger partial charge in [-0.2, -0.15) is 14.7 Å². The zero-order chi connectivity index (χ0) is 65.3. The molecule has 11 amide bonds. The van der Waals surface area contributed by atoms with Gasteiger partial charge in [0.1, 0.15) is 60.7 Å². The third kappa shape index (κ3) is 26.2. The molecular weight excluding hydrogens is 1150 g/mol. The van der Waals surface area contributed by atoms with Crippen LogP contribution in [0.15, 0.2) is 24.3 Å². The Hall–Kier alpha value is -7.23. The number of carbonyl (C=O) groups excluding carboxylic acids is 11. The van der Waals surface area contributed by atoms with Crippen molar-refractivity contribution in [3.8, 4) is 5.75 Å². The lowest BCUT2D eigenvalue weighted by Gasteiger charge is -2.29. The third-order valence-corrected chi connectivity index (χ3v) is 14.1. The summed E-state index contributed by atoms with van der Waals surface area (Å²) in [5.41, 5.74) is 22.9. The van der Waals surface area contributed by atoms with Crippen molar-refractivity contribution >= 4 is 79.1 Å². The number of primary amides is 1. The molecule has 11 atom stereocenters. The Morgan fingerprint density at radius 2 is 1.26 bits per heavy atom. The quantitative estimate of drug-likeness (QED) is 0.0167. The topological polar surface area (TPSA) is 543 Å². The molecule has 1 aliphatic rings. The molecule has 0 unspecified atom stereocenters. The van der Waals surface area contributed by atoms with E-state index in [1.54, 1.807) is 27.7 Å². The van der Waals surface area contributed by atoms with Crippen molar-refractivity contribution in [2.75, 3.05) is 26.2 Å². The van der Waals surface area contributed by atoms with E-state index < -0.39 is 177 Å². The van der Waals surface area contributed by atoms with Gasteiger partial charge in [-0.05, 0) is 87.9 Å². The highest BCUT2D eigenvalue weighted by Crippen LogP contribution is 2.46. The summed E-state index contributed by atoms with van der Waals surface area (Å²) in [5, 5.41) is 43.8. The molecule has 1 aromatic carbocycles. The summed E-state index contributed by atoms with van der Waals surface area (Å²) in [5.74, 6) is -12.1. The normalized spacial score (nSPS) is 16.8. The van der Waals surface area contributed by atoms with E-state index in [4.69, 9.17) is 22.9 Å². The summed E-state index contributed by atoms with van der Waals surface area (Å²) in [4.78, 5) is 189. The Bertz CT molecular complexity index is 2510. The maximum Gasteiger partial charge on any atom is 0.613 e. The summed E-state index contributed by atoms with van der Waals surface area (Å²) in [7, 11) is -4.72. The second-order valence-corrected chi connectivity index (χ2v) is 23.0. The number of aliphatic hydroxyl groups is 1. The van der Waals surface area contributed by atoms with Gasteiger partial charge in [-0.25, -0.2) is 4.79 Å². The van der Waals surface area contributed by atoms with Gasteiger partial charge in [-0.15, -0.1) is 0 Å². The summed E-state index contributed by atoms with van der Waals surface area (Å²) in [6.07, 6.45) is -0.988. The van der Waals surface area contributed by atoms with Crippen molar-refractivity contribution in [1.29, 1.82) is 0 Å². The predicted octanol–water partition coefficient (Wildman–Crippen LogP) is -6.11. The van der Waals surface area contributed by atoms with Crippen LogP contribution in [0.1, 0.15) is 106 Å². The van der Waals surface area contributed by atoms with Crippen LogP contribution in [0, 0.1) is 17.8 Å². The zero-order valence-electron chi connectivity index (χ0n) is 49.6. The number of hydrogen-bond acceptors (Lipinski definition) is 21. The third-order valence-electron chi connectivity index (χ3n) is 13.6. The van der Waals surface area contributed by atoms with Crippen LogP contribution in [0.3, 0.4) is 0 Å². The van der Waals surface area contributed by atoms with Crippen molar-refractivity contribution < 1.29 is 87.0 Å². The Morgan fingerprint density at radius 1 is 0.686 bits per heavy atom. The van der Waals surface area contributed by atoms with Crippen LogP contribution in [0.25, 0.3) is 0 Å². The van der Waals surface area contributed by atoms with E-state index in [2.05, 4.69) is 57.7 Å². The smallest absolute Gasteiger partial charge is 0.480 e. The number of aliphatic carboxylic acids is 1. The van der Waals surface area contributed by atoms with Gasteiger partial charge in [0.15, 0.2) is 5.75 Å². The molecule has 1 aliphatic heterocycles. The van der Waals surface area contributed by atoms with Gasteiger partial charge < -0.3 is 85.9 Å². The molecule has 86 heavy (non-hydrogen) atoms. The van der Waals surface area contributed by atoms with E-state index in [1.165, 1.54) is 38.1 Å². The van der Waals surface area contributed by atoms with Crippen LogP contribution in [0.5, 0.6) is 5.75 Å². The molecule has 1 fully saturated rings. The van der Waals surface area contributed by atoms with E-state index in [0.29, 0.717) is 12.8 Å². The van der Waals surface area contributed by atoms with Gasteiger partial charge in [0, 0.05) is 13.0 Å². The molecule has 0 radical (unpaired) electrons. The summed E-state index contributed by atoms with van der Waals surface area (Å²) in [6.45, 7) is 11.5. The first-order chi connectivity index (χ1) is 40.1. The van der Waals surface area contributed by atoms with E-state index in [1.807, 2.05) is 13.8 Å². The average Bonchev–Trinajstić information content (AvgIpc) is 3.13. The number of hydrogen-bond donors (Lipinski definition) is 19. The maximum atomic E-state index is 14.1. The second-order valence-electron chi connectivity index (χ2n) is 21.8. The number of nitrogens with one attached hydrogen (secondary N) is 10. The van der Waals surface area contributed by atoms with Crippen molar-refractivity contribution in [3.05, 3.63) is 29.8 Å². The van der Waals surface area contributed by atoms with E-state index in [0.717, 1.165) is 4.90 Å². The van der Waals surface area contributed by atoms with Gasteiger partial charge in [-0.3, -0.25) is 62.6 Å². The van der Waals surface area contributed by atoms with Crippen LogP contribution in [-0.2, 0) is 64.0 Å². The minimum atomic E-state index is -4.72. The van der Waals surface area contributed by atoms with Crippen LogP contribution < -0.4 is 80.6 Å². The zero-order valence-corrected chi connectivity index (χ0v) is 50.5. The van der Waals surface area contributed by atoms with E-state index in [-0.39, 0.29) is 62.4 Å². The lowest BCUT2D eigenvalue weighted by molar-refractivity contribution is -0.143. The molecule has 484 valence electrons. The number of carbonyl (C=O) groups is 12. The Morgan fingerprint density at radius 3 is 1.80 bits per heavy atom. The molecule has 34 heteroatoms. The highest BCUT2D eigenvalue weighted by atomic mass is 31.2. The summed E-state index contributed by atoms with van der Waals surface area (Å²) in [6, 6.07) is -8.51. The lowest BCUT2D eigenvalue weighted by atomic mass is 9.96. The van der Waals surface area contributed by atoms with Crippen molar-refractivity contribution in [2.24, 2.45) is 40.7 Å². The first-order valence-electron chi connectivity index (χ1n) is 28.1. The first kappa shape index (κ1) is 74.9. The molecule has 1 saturated heterocycles. The minimum Gasteiger partial charge on any atom is -0.480 e. The number of carboxylic acid groups (broad SMARTS) is 1. The molecule has 2 rings (SSSR count). The number of rotatable bonds is 37. The van der Waals surface area contributed by atoms with Gasteiger partial charge in [0.2, 0.25) is 65.0 Å². The monoisotopic (exact) mass is 1240 g/mol. The molecule has 23 N–H and O–H groups in total. The highest BCUT2D eigenvalue weighted by molar-refractivity contribution is 7.53. The highest BCUT2D eigenvalue weighted by Gasteiger charge is 2.41. The van der Waals surface area contributed by atoms with Crippen molar-refractivity contribution in [1.82, 2.24) is 58.1 Å². The fourth-order valence-corrected chi connectivity index (χ4v) is 9.12. The Labute approximate surface area is 498 Å². The number of carboxylic acids is 1. The van der Waals surface area contributed by atoms with Crippen molar-refractivity contribution in [3.63, 3.8) is 0 Å². The number of nitrogens with two attached hydrogens (primary N) is 4. The standard InChI is InChI=1S/C52H88N15O18P/c1-9-27(6)41(66-48(77)40(26(4)5)65-44(73)32(53)20-25(2)3)49(78)60-28(7)42(71)58-23-39(70)61-35(22-38(54)69)50(79)67-19-11-13-37(67)47(76)59-29(8)43(72)63-34(21-30-14-16-31(17-15-30)85-86(82,83)84)46(75)62-33(12-10-18-57-52(55)56)45(74)64-36(24-68)51(80)81/h14-17,25-29,32-37,40-41,52,57,68,82-84H,9-13,18-24,53,55-56H2,1-8H3,(H11-,54,58,59,60,61,62,63,64,65,66,69,70,71,72,73,74,75,76,77,78,80,81)/p+1/t27-,28-,29-,32-,33-,34-,35-,36-,37-,40-,41-/m0/s1. The fourth-order valence-electron chi connectivity index (χ4n) is 8.71. The first-order valence-corrected chi connectivity index (χ1v) is 29.6. The van der Waals surface area contributed by atoms with E-state index in [9.17, 15) is 82.4 Å². The molecule has 1 heterocycles. The number of likely N-dealkylation sites (tertiary alicyclic amines) is 1.